The van der Waals surface area contributed by atoms with E-state index in [0.717, 1.165) is 32.6 Å². The second-order valence-corrected chi connectivity index (χ2v) is 4.55. The second-order valence-electron chi connectivity index (χ2n) is 4.55. The first-order valence-electron chi connectivity index (χ1n) is 6.06. The predicted octanol–water partition coefficient (Wildman–Crippen LogP) is 3.74. The summed E-state index contributed by atoms with van der Waals surface area (Å²) < 4.78 is 0. The highest BCUT2D eigenvalue weighted by molar-refractivity contribution is 6.19. The molecule has 0 unspecified atom stereocenters. The number of benzene rings is 2. The zero-order chi connectivity index (χ0) is 12.8. The van der Waals surface area contributed by atoms with E-state index in [2.05, 4.69) is 16.0 Å². The average Bonchev–Trinajstić information content (AvgIpc) is 2.86. The first-order valence-corrected chi connectivity index (χ1v) is 6.06. The Bertz CT molecular complexity index is 974. The zero-order valence-corrected chi connectivity index (χ0v) is 10.0. The summed E-state index contributed by atoms with van der Waals surface area (Å²) in [6.45, 7) is 0. The van der Waals surface area contributed by atoms with Crippen molar-refractivity contribution in [1.29, 1.82) is 5.26 Å². The Morgan fingerprint density at radius 2 is 2.00 bits per heavy atom. The number of hydrogen-bond donors (Lipinski definition) is 1. The minimum atomic E-state index is 0.688. The van der Waals surface area contributed by atoms with E-state index in [1.54, 1.807) is 12.4 Å². The Morgan fingerprint density at radius 1 is 1.11 bits per heavy atom. The smallest absolute Gasteiger partial charge is 0.0999 e. The molecule has 0 aliphatic carbocycles. The van der Waals surface area contributed by atoms with Crippen molar-refractivity contribution in [2.24, 2.45) is 0 Å². The zero-order valence-electron chi connectivity index (χ0n) is 10.0. The first kappa shape index (κ1) is 10.1. The van der Waals surface area contributed by atoms with Crippen LogP contribution in [0.2, 0.25) is 0 Å². The van der Waals surface area contributed by atoms with Crippen molar-refractivity contribution in [1.82, 2.24) is 9.97 Å². The highest BCUT2D eigenvalue weighted by Gasteiger charge is 2.11. The molecule has 0 saturated carbocycles. The van der Waals surface area contributed by atoms with Gasteiger partial charge in [0.05, 0.1) is 17.1 Å². The molecular formula is C16H9N3. The van der Waals surface area contributed by atoms with Gasteiger partial charge in [0.2, 0.25) is 0 Å². The number of nitrogens with zero attached hydrogens (tertiary/aromatic N) is 2. The lowest BCUT2D eigenvalue weighted by Crippen LogP contribution is -1.82. The lowest BCUT2D eigenvalue weighted by molar-refractivity contribution is 1.36. The summed E-state index contributed by atoms with van der Waals surface area (Å²) >= 11 is 0. The van der Waals surface area contributed by atoms with Crippen LogP contribution in [0.4, 0.5) is 0 Å². The van der Waals surface area contributed by atoms with Gasteiger partial charge in [-0.2, -0.15) is 5.26 Å². The number of hydrogen-bond acceptors (Lipinski definition) is 2. The molecule has 0 fully saturated rings. The van der Waals surface area contributed by atoms with Gasteiger partial charge in [0.1, 0.15) is 0 Å². The van der Waals surface area contributed by atoms with Crippen molar-refractivity contribution in [3.05, 3.63) is 54.4 Å². The molecule has 19 heavy (non-hydrogen) atoms. The molecule has 0 spiro atoms. The van der Waals surface area contributed by atoms with Gasteiger partial charge in [0.25, 0.3) is 0 Å². The van der Waals surface area contributed by atoms with E-state index in [1.165, 1.54) is 0 Å². The molecule has 0 radical (unpaired) electrons. The van der Waals surface area contributed by atoms with Crippen LogP contribution in [-0.2, 0) is 0 Å². The summed E-state index contributed by atoms with van der Waals surface area (Å²) in [7, 11) is 0. The highest BCUT2D eigenvalue weighted by atomic mass is 14.7. The third kappa shape index (κ3) is 1.28. The Kier molecular flexibility index (Phi) is 1.89. The van der Waals surface area contributed by atoms with E-state index in [1.807, 2.05) is 36.4 Å². The minimum absolute atomic E-state index is 0.688. The van der Waals surface area contributed by atoms with Crippen molar-refractivity contribution in [3.63, 3.8) is 0 Å². The number of H-pyrrole nitrogens is 1. The maximum Gasteiger partial charge on any atom is 0.0999 e. The fourth-order valence-electron chi connectivity index (χ4n) is 2.69. The number of nitriles is 1. The van der Waals surface area contributed by atoms with Gasteiger partial charge >= 0.3 is 0 Å². The molecule has 2 aromatic carbocycles. The Balaban J connectivity index is 2.39. The molecule has 2 heterocycles. The molecule has 4 rings (SSSR count). The molecular weight excluding hydrogens is 234 g/mol. The number of para-hydroxylation sites is 1. The Hall–Kier alpha value is -2.86. The van der Waals surface area contributed by atoms with Crippen LogP contribution in [0.15, 0.2) is 48.8 Å². The molecule has 3 nitrogen and oxygen atoms in total. The van der Waals surface area contributed by atoms with Crippen molar-refractivity contribution >= 4 is 32.6 Å². The van der Waals surface area contributed by atoms with E-state index in [-0.39, 0.29) is 0 Å². The molecule has 4 aromatic rings. The van der Waals surface area contributed by atoms with Crippen LogP contribution in [0.1, 0.15) is 5.56 Å². The lowest BCUT2D eigenvalue weighted by atomic mass is 10.0. The SMILES string of the molecule is N#Cc1cc2cnccc2c2[nH]c3ccccc3c12. The fraction of sp³-hybridized carbons (Fsp3) is 0. The second kappa shape index (κ2) is 3.56. The molecule has 0 atom stereocenters. The summed E-state index contributed by atoms with van der Waals surface area (Å²) in [5, 5.41) is 13.6. The van der Waals surface area contributed by atoms with Gasteiger partial charge in [-0.15, -0.1) is 0 Å². The summed E-state index contributed by atoms with van der Waals surface area (Å²) in [5.41, 5.74) is 2.75. The van der Waals surface area contributed by atoms with Gasteiger partial charge in [-0.3, -0.25) is 4.98 Å². The summed E-state index contributed by atoms with van der Waals surface area (Å²) in [6, 6.07) is 14.2. The van der Waals surface area contributed by atoms with Crippen LogP contribution in [0.3, 0.4) is 0 Å². The molecule has 0 aliphatic heterocycles. The monoisotopic (exact) mass is 243 g/mol. The Labute approximate surface area is 109 Å². The van der Waals surface area contributed by atoms with Crippen LogP contribution in [0, 0.1) is 11.3 Å². The quantitative estimate of drug-likeness (QED) is 0.511. The summed E-state index contributed by atoms with van der Waals surface area (Å²) in [6.07, 6.45) is 3.57. The number of nitrogens with one attached hydrogen (secondary N) is 1. The van der Waals surface area contributed by atoms with Gasteiger partial charge in [-0.1, -0.05) is 18.2 Å². The topological polar surface area (TPSA) is 52.5 Å². The summed E-state index contributed by atoms with van der Waals surface area (Å²) in [5.74, 6) is 0. The van der Waals surface area contributed by atoms with Gasteiger partial charge < -0.3 is 4.98 Å². The molecule has 0 amide bonds. The standard InChI is InChI=1S/C16H9N3/c17-8-10-7-11-9-18-6-5-12(11)16-15(10)13-3-1-2-4-14(13)19-16/h1-7,9,19H. The van der Waals surface area contributed by atoms with E-state index in [0.29, 0.717) is 5.56 Å². The van der Waals surface area contributed by atoms with Crippen LogP contribution in [-0.4, -0.2) is 9.97 Å². The van der Waals surface area contributed by atoms with Crippen molar-refractivity contribution in [3.8, 4) is 6.07 Å². The third-order valence-corrected chi connectivity index (χ3v) is 3.52. The van der Waals surface area contributed by atoms with E-state index in [9.17, 15) is 5.26 Å². The maximum absolute atomic E-state index is 9.39. The maximum atomic E-state index is 9.39. The number of aromatic amines is 1. The largest absolute Gasteiger partial charge is 0.354 e. The first-order chi connectivity index (χ1) is 9.38. The van der Waals surface area contributed by atoms with Gasteiger partial charge in [-0.05, 0) is 18.2 Å². The number of rotatable bonds is 0. The molecule has 1 N–H and O–H groups in total. The molecule has 2 aromatic heterocycles. The highest BCUT2D eigenvalue weighted by Crippen LogP contribution is 2.33. The van der Waals surface area contributed by atoms with Crippen LogP contribution < -0.4 is 0 Å². The molecule has 88 valence electrons. The number of fused-ring (bicyclic) bond motifs is 5. The Morgan fingerprint density at radius 3 is 2.89 bits per heavy atom. The van der Waals surface area contributed by atoms with E-state index >= 15 is 0 Å². The molecule has 0 aliphatic rings. The normalized spacial score (nSPS) is 11.1. The third-order valence-electron chi connectivity index (χ3n) is 3.52. The summed E-state index contributed by atoms with van der Waals surface area (Å²) in [4.78, 5) is 7.54. The number of pyridine rings is 1. The van der Waals surface area contributed by atoms with Crippen molar-refractivity contribution < 1.29 is 0 Å². The predicted molar refractivity (Wildman–Crippen MR) is 75.8 cm³/mol. The fourth-order valence-corrected chi connectivity index (χ4v) is 2.69. The van der Waals surface area contributed by atoms with Crippen LogP contribution in [0.5, 0.6) is 0 Å². The van der Waals surface area contributed by atoms with Gasteiger partial charge in [0.15, 0.2) is 0 Å². The van der Waals surface area contributed by atoms with Crippen molar-refractivity contribution in [2.75, 3.05) is 0 Å². The molecule has 3 heteroatoms. The molecule has 0 saturated heterocycles. The average molecular weight is 243 g/mol. The van der Waals surface area contributed by atoms with Gasteiger partial charge in [-0.25, -0.2) is 0 Å². The lowest BCUT2D eigenvalue weighted by Gasteiger charge is -2.01. The van der Waals surface area contributed by atoms with Crippen molar-refractivity contribution in [2.45, 2.75) is 0 Å². The van der Waals surface area contributed by atoms with Crippen LogP contribution in [0.25, 0.3) is 32.6 Å². The minimum Gasteiger partial charge on any atom is -0.354 e. The molecule has 0 bridgehead atoms. The van der Waals surface area contributed by atoms with Gasteiger partial charge in [0, 0.05) is 39.5 Å². The van der Waals surface area contributed by atoms with E-state index in [4.69, 9.17) is 0 Å². The van der Waals surface area contributed by atoms with E-state index < -0.39 is 0 Å². The van der Waals surface area contributed by atoms with Crippen LogP contribution >= 0.6 is 0 Å². The number of aromatic nitrogens is 2.